The minimum absolute atomic E-state index is 0.276. The zero-order chi connectivity index (χ0) is 27.6. The van der Waals surface area contributed by atoms with Crippen molar-refractivity contribution in [1.82, 2.24) is 15.5 Å². The van der Waals surface area contributed by atoms with Crippen molar-refractivity contribution in [3.63, 3.8) is 0 Å². The van der Waals surface area contributed by atoms with Crippen molar-refractivity contribution in [2.75, 3.05) is 13.2 Å². The highest BCUT2D eigenvalue weighted by atomic mass is 16.6. The van der Waals surface area contributed by atoms with Gasteiger partial charge in [-0.15, -0.1) is 0 Å². The molecule has 37 heavy (non-hydrogen) atoms. The van der Waals surface area contributed by atoms with E-state index in [-0.39, 0.29) is 12.5 Å². The van der Waals surface area contributed by atoms with E-state index in [0.29, 0.717) is 18.5 Å². The normalized spacial score (nSPS) is 12.8. The lowest BCUT2D eigenvalue weighted by Crippen LogP contribution is -2.54. The van der Waals surface area contributed by atoms with Crippen LogP contribution in [-0.4, -0.2) is 52.7 Å². The molecular formula is C29H41N3O5. The third-order valence-electron chi connectivity index (χ3n) is 5.80. The van der Waals surface area contributed by atoms with Gasteiger partial charge in [0.1, 0.15) is 17.7 Å². The Bertz CT molecular complexity index is 1050. The average Bonchev–Trinajstić information content (AvgIpc) is 2.83. The number of ether oxygens (including phenoxy) is 1. The van der Waals surface area contributed by atoms with Gasteiger partial charge in [0.25, 0.3) is 0 Å². The molecule has 0 saturated heterocycles. The monoisotopic (exact) mass is 511 g/mol. The maximum atomic E-state index is 13.8. The molecule has 0 aliphatic rings. The van der Waals surface area contributed by atoms with Crippen LogP contribution in [0.3, 0.4) is 0 Å². The van der Waals surface area contributed by atoms with E-state index < -0.39 is 36.3 Å². The van der Waals surface area contributed by atoms with Crippen LogP contribution in [-0.2, 0) is 20.9 Å². The molecule has 2 atom stereocenters. The Hall–Kier alpha value is -3.39. The van der Waals surface area contributed by atoms with Crippen molar-refractivity contribution in [3.8, 4) is 0 Å². The van der Waals surface area contributed by atoms with Gasteiger partial charge in [-0.25, -0.2) is 4.79 Å². The van der Waals surface area contributed by atoms with E-state index in [1.54, 1.807) is 20.8 Å². The predicted octanol–water partition coefficient (Wildman–Crippen LogP) is 4.18. The van der Waals surface area contributed by atoms with Crippen LogP contribution in [0.5, 0.6) is 0 Å². The van der Waals surface area contributed by atoms with Gasteiger partial charge in [-0.05, 0) is 57.7 Å². The summed E-state index contributed by atoms with van der Waals surface area (Å²) >= 11 is 0. The first-order valence-corrected chi connectivity index (χ1v) is 12.8. The highest BCUT2D eigenvalue weighted by molar-refractivity contribution is 5.92. The van der Waals surface area contributed by atoms with Crippen LogP contribution in [0.1, 0.15) is 68.8 Å². The van der Waals surface area contributed by atoms with E-state index >= 15 is 0 Å². The number of alkyl carbamates (subject to hydrolysis) is 1. The highest BCUT2D eigenvalue weighted by Crippen LogP contribution is 2.27. The Morgan fingerprint density at radius 1 is 1.05 bits per heavy atom. The van der Waals surface area contributed by atoms with Crippen molar-refractivity contribution in [1.29, 1.82) is 0 Å². The van der Waals surface area contributed by atoms with Crippen molar-refractivity contribution in [3.05, 3.63) is 70.8 Å². The zero-order valence-electron chi connectivity index (χ0n) is 22.8. The number of unbranched alkanes of at least 4 members (excludes halogenated alkanes) is 1. The maximum absolute atomic E-state index is 13.8. The molecular weight excluding hydrogens is 470 g/mol. The number of aliphatic hydroxyl groups is 1. The molecule has 2 unspecified atom stereocenters. The van der Waals surface area contributed by atoms with Gasteiger partial charge in [-0.2, -0.15) is 0 Å². The molecule has 2 aromatic rings. The van der Waals surface area contributed by atoms with E-state index in [0.717, 1.165) is 23.1 Å². The van der Waals surface area contributed by atoms with E-state index in [9.17, 15) is 19.5 Å². The molecule has 0 aliphatic carbocycles. The minimum atomic E-state index is -1.26. The summed E-state index contributed by atoms with van der Waals surface area (Å²) in [5, 5.41) is 15.5. The zero-order valence-corrected chi connectivity index (χ0v) is 22.8. The molecule has 0 fully saturated rings. The molecule has 0 aromatic heterocycles. The number of aliphatic hydroxyl groups excluding tert-OH is 1. The molecule has 0 radical (unpaired) electrons. The fourth-order valence-corrected chi connectivity index (χ4v) is 4.00. The predicted molar refractivity (Wildman–Crippen MR) is 144 cm³/mol. The summed E-state index contributed by atoms with van der Waals surface area (Å²) < 4.78 is 5.28. The fourth-order valence-electron chi connectivity index (χ4n) is 4.00. The van der Waals surface area contributed by atoms with Gasteiger partial charge in [0.05, 0.1) is 6.61 Å². The number of carbonyl (C=O) groups is 3. The topological polar surface area (TPSA) is 108 Å². The maximum Gasteiger partial charge on any atom is 0.408 e. The standard InChI is InChI=1S/C29H41N3O5/c1-7-8-16-32(27(35)24(19-33)31-28(36)37-29(4,5)6)25(23-15-14-20(2)17-21(23)3)26(34)30-18-22-12-10-9-11-13-22/h9-15,17,24-25,33H,7-8,16,18-19H2,1-6H3,(H,30,34)(H,31,36). The van der Waals surface area contributed by atoms with Crippen molar-refractivity contribution >= 4 is 17.9 Å². The number of hydrogen-bond acceptors (Lipinski definition) is 5. The van der Waals surface area contributed by atoms with Crippen molar-refractivity contribution < 1.29 is 24.2 Å². The van der Waals surface area contributed by atoms with E-state index in [1.807, 2.05) is 69.3 Å². The Morgan fingerprint density at radius 2 is 1.73 bits per heavy atom. The third-order valence-corrected chi connectivity index (χ3v) is 5.80. The lowest BCUT2D eigenvalue weighted by molar-refractivity contribution is -0.143. The van der Waals surface area contributed by atoms with Crippen LogP contribution in [0.4, 0.5) is 4.79 Å². The number of aryl methyl sites for hydroxylation is 2. The fraction of sp³-hybridized carbons (Fsp3) is 0.483. The quantitative estimate of drug-likeness (QED) is 0.420. The second-order valence-electron chi connectivity index (χ2n) is 10.2. The molecule has 2 rings (SSSR count). The van der Waals surface area contributed by atoms with E-state index in [1.165, 1.54) is 4.90 Å². The summed E-state index contributed by atoms with van der Waals surface area (Å²) in [5.41, 5.74) is 2.76. The Balaban J connectivity index is 2.44. The molecule has 0 saturated carbocycles. The molecule has 202 valence electrons. The molecule has 8 nitrogen and oxygen atoms in total. The van der Waals surface area contributed by atoms with Crippen LogP contribution in [0.2, 0.25) is 0 Å². The minimum Gasteiger partial charge on any atom is -0.444 e. The number of carbonyl (C=O) groups excluding carboxylic acids is 3. The molecule has 3 N–H and O–H groups in total. The van der Waals surface area contributed by atoms with Gasteiger partial charge in [0.2, 0.25) is 11.8 Å². The highest BCUT2D eigenvalue weighted by Gasteiger charge is 2.36. The van der Waals surface area contributed by atoms with Gasteiger partial charge in [0, 0.05) is 13.1 Å². The first-order valence-electron chi connectivity index (χ1n) is 12.8. The summed E-state index contributed by atoms with van der Waals surface area (Å²) in [6.45, 7) is 10.9. The summed E-state index contributed by atoms with van der Waals surface area (Å²) in [6, 6.07) is 13.1. The van der Waals surface area contributed by atoms with Gasteiger partial charge in [-0.1, -0.05) is 67.4 Å². The number of hydrogen-bond donors (Lipinski definition) is 3. The molecule has 0 heterocycles. The summed E-state index contributed by atoms with van der Waals surface area (Å²) in [4.78, 5) is 41.3. The molecule has 0 spiro atoms. The summed E-state index contributed by atoms with van der Waals surface area (Å²) in [5.74, 6) is -0.893. The first-order chi connectivity index (χ1) is 17.5. The van der Waals surface area contributed by atoms with Crippen LogP contribution in [0.15, 0.2) is 48.5 Å². The first kappa shape index (κ1) is 29.8. The van der Waals surface area contributed by atoms with Crippen LogP contribution < -0.4 is 10.6 Å². The van der Waals surface area contributed by atoms with Gasteiger partial charge in [0.15, 0.2) is 0 Å². The van der Waals surface area contributed by atoms with Crippen LogP contribution >= 0.6 is 0 Å². The number of benzene rings is 2. The van der Waals surface area contributed by atoms with Crippen molar-refractivity contribution in [2.24, 2.45) is 0 Å². The van der Waals surface area contributed by atoms with Gasteiger partial charge < -0.3 is 25.4 Å². The SMILES string of the molecule is CCCCN(C(=O)C(CO)NC(=O)OC(C)(C)C)C(C(=O)NCc1ccccc1)c1ccc(C)cc1C. The van der Waals surface area contributed by atoms with Gasteiger partial charge in [-0.3, -0.25) is 9.59 Å². The number of nitrogens with one attached hydrogen (secondary N) is 2. The summed E-state index contributed by atoms with van der Waals surface area (Å²) in [6.07, 6.45) is 0.620. The molecule has 2 aromatic carbocycles. The van der Waals surface area contributed by atoms with Gasteiger partial charge >= 0.3 is 6.09 Å². The molecule has 3 amide bonds. The average molecular weight is 512 g/mol. The molecule has 8 heteroatoms. The van der Waals surface area contributed by atoms with Crippen LogP contribution in [0.25, 0.3) is 0 Å². The number of rotatable bonds is 11. The third kappa shape index (κ3) is 9.21. The second kappa shape index (κ2) is 13.8. The smallest absolute Gasteiger partial charge is 0.408 e. The molecule has 0 bridgehead atoms. The Labute approximate surface area is 220 Å². The number of amides is 3. The molecule has 0 aliphatic heterocycles. The summed E-state index contributed by atoms with van der Waals surface area (Å²) in [7, 11) is 0. The Kier molecular flexibility index (Phi) is 11.1. The second-order valence-corrected chi connectivity index (χ2v) is 10.2. The largest absolute Gasteiger partial charge is 0.444 e. The lowest BCUT2D eigenvalue weighted by atomic mass is 9.96. The van der Waals surface area contributed by atoms with E-state index in [2.05, 4.69) is 10.6 Å². The lowest BCUT2D eigenvalue weighted by Gasteiger charge is -2.35. The Morgan fingerprint density at radius 3 is 2.30 bits per heavy atom. The van der Waals surface area contributed by atoms with Crippen molar-refractivity contribution in [2.45, 2.75) is 78.6 Å². The van der Waals surface area contributed by atoms with Crippen LogP contribution in [0, 0.1) is 13.8 Å². The van der Waals surface area contributed by atoms with E-state index in [4.69, 9.17) is 4.74 Å². The number of nitrogens with zero attached hydrogens (tertiary/aromatic N) is 1.